The molecule has 0 unspecified atom stereocenters. The first-order valence-corrected chi connectivity index (χ1v) is 10.9. The van der Waals surface area contributed by atoms with Crippen molar-refractivity contribution < 1.29 is 23.1 Å². The molecule has 0 spiro atoms. The van der Waals surface area contributed by atoms with E-state index in [9.17, 15) is 18.4 Å². The van der Waals surface area contributed by atoms with E-state index in [-0.39, 0.29) is 24.3 Å². The Hall–Kier alpha value is -1.67. The Kier molecular flexibility index (Phi) is 5.87. The molecule has 1 aromatic carbocycles. The quantitative estimate of drug-likeness (QED) is 0.769. The Morgan fingerprint density at radius 3 is 2.64 bits per heavy atom. The number of halogens is 2. The highest BCUT2D eigenvalue weighted by Crippen LogP contribution is 2.32. The molecular weight excluding hydrogens is 386 g/mol. The maximum atomic E-state index is 13.6. The molecule has 0 bridgehead atoms. The average molecular weight is 410 g/mol. The summed E-state index contributed by atoms with van der Waals surface area (Å²) in [6.45, 7) is 1.04. The van der Waals surface area contributed by atoms with Crippen molar-refractivity contribution in [1.29, 1.82) is 0 Å². The van der Waals surface area contributed by atoms with Crippen LogP contribution in [0, 0.1) is 17.6 Å². The van der Waals surface area contributed by atoms with Gasteiger partial charge in [0.15, 0.2) is 11.6 Å². The van der Waals surface area contributed by atoms with Crippen LogP contribution in [0.5, 0.6) is 0 Å². The number of thioether (sulfide) groups is 1. The smallest absolute Gasteiger partial charge is 0.246 e. The number of nitrogens with zero attached hydrogens (tertiary/aromatic N) is 2. The summed E-state index contributed by atoms with van der Waals surface area (Å²) in [4.78, 5) is 29.4. The summed E-state index contributed by atoms with van der Waals surface area (Å²) in [6, 6.07) is 3.24. The summed E-state index contributed by atoms with van der Waals surface area (Å²) >= 11 is 1.61. The summed E-state index contributed by atoms with van der Waals surface area (Å²) in [7, 11) is 0. The highest BCUT2D eigenvalue weighted by molar-refractivity contribution is 7.99. The molecule has 28 heavy (non-hydrogen) atoms. The van der Waals surface area contributed by atoms with E-state index in [0.717, 1.165) is 37.8 Å². The lowest BCUT2D eigenvalue weighted by molar-refractivity contribution is -0.150. The number of ether oxygens (including phenoxy) is 1. The zero-order chi connectivity index (χ0) is 19.7. The third-order valence-electron chi connectivity index (χ3n) is 5.85. The van der Waals surface area contributed by atoms with E-state index in [1.165, 1.54) is 6.07 Å². The molecule has 152 valence electrons. The van der Waals surface area contributed by atoms with Crippen molar-refractivity contribution in [3.05, 3.63) is 35.4 Å². The maximum absolute atomic E-state index is 13.6. The molecule has 0 radical (unpaired) electrons. The molecule has 3 fully saturated rings. The van der Waals surface area contributed by atoms with Gasteiger partial charge in [0, 0.05) is 18.2 Å². The van der Waals surface area contributed by atoms with Gasteiger partial charge in [-0.05, 0) is 30.5 Å². The molecule has 1 aliphatic carbocycles. The van der Waals surface area contributed by atoms with Gasteiger partial charge in [0.25, 0.3) is 0 Å². The lowest BCUT2D eigenvalue weighted by Crippen LogP contribution is -2.53. The molecule has 2 aliphatic heterocycles. The number of hydrogen-bond donors (Lipinski definition) is 0. The molecule has 5 nitrogen and oxygen atoms in total. The van der Waals surface area contributed by atoms with Gasteiger partial charge < -0.3 is 14.5 Å². The second-order valence-electron chi connectivity index (χ2n) is 7.62. The topological polar surface area (TPSA) is 49.9 Å². The van der Waals surface area contributed by atoms with Crippen LogP contribution < -0.4 is 0 Å². The van der Waals surface area contributed by atoms with Gasteiger partial charge in [-0.1, -0.05) is 18.9 Å². The lowest BCUT2D eigenvalue weighted by Gasteiger charge is -2.36. The molecule has 1 aromatic rings. The van der Waals surface area contributed by atoms with Gasteiger partial charge in [-0.3, -0.25) is 9.59 Å². The van der Waals surface area contributed by atoms with E-state index in [1.807, 2.05) is 0 Å². The number of morpholine rings is 1. The lowest BCUT2D eigenvalue weighted by atomic mass is 10.0. The van der Waals surface area contributed by atoms with Crippen LogP contribution in [0.1, 0.15) is 37.4 Å². The molecule has 4 rings (SSSR count). The summed E-state index contributed by atoms with van der Waals surface area (Å²) in [6.07, 6.45) is 3.48. The molecule has 8 heteroatoms. The number of rotatable bonds is 3. The van der Waals surface area contributed by atoms with Gasteiger partial charge >= 0.3 is 0 Å². The van der Waals surface area contributed by atoms with Crippen molar-refractivity contribution in [1.82, 2.24) is 9.80 Å². The number of hydrogen-bond acceptors (Lipinski definition) is 4. The van der Waals surface area contributed by atoms with E-state index >= 15 is 0 Å². The van der Waals surface area contributed by atoms with Gasteiger partial charge in [-0.2, -0.15) is 0 Å². The highest BCUT2D eigenvalue weighted by Gasteiger charge is 2.41. The van der Waals surface area contributed by atoms with E-state index in [1.54, 1.807) is 21.6 Å². The summed E-state index contributed by atoms with van der Waals surface area (Å²) in [5, 5.41) is 0. The largest absolute Gasteiger partial charge is 0.370 e. The Balaban J connectivity index is 1.44. The van der Waals surface area contributed by atoms with Crippen LogP contribution in [0.3, 0.4) is 0 Å². The zero-order valence-corrected chi connectivity index (χ0v) is 16.4. The van der Waals surface area contributed by atoms with Crippen LogP contribution in [0.25, 0.3) is 0 Å². The second-order valence-corrected chi connectivity index (χ2v) is 8.62. The van der Waals surface area contributed by atoms with Crippen LogP contribution in [0.2, 0.25) is 0 Å². The predicted molar refractivity (Wildman–Crippen MR) is 102 cm³/mol. The molecule has 3 aliphatic rings. The molecule has 0 aromatic heterocycles. The first-order chi connectivity index (χ1) is 13.5. The van der Waals surface area contributed by atoms with Gasteiger partial charge in [0.05, 0.1) is 19.0 Å². The van der Waals surface area contributed by atoms with E-state index < -0.39 is 23.8 Å². The molecule has 2 saturated heterocycles. The molecule has 2 atom stereocenters. The standard InChI is InChI=1S/C20H24F2N2O3S/c21-15-6-5-14(9-16(15)22)18-10-23(7-8-27-18)20(26)17-11-28-12-24(17)19(25)13-3-1-2-4-13/h5-6,9,13,17-18H,1-4,7-8,10-12H2/t17-,18-/m0/s1. The van der Waals surface area contributed by atoms with E-state index in [2.05, 4.69) is 0 Å². The fourth-order valence-electron chi connectivity index (χ4n) is 4.25. The first-order valence-electron chi connectivity index (χ1n) is 9.78. The molecule has 1 saturated carbocycles. The van der Waals surface area contributed by atoms with Gasteiger partial charge in [-0.15, -0.1) is 11.8 Å². The summed E-state index contributed by atoms with van der Waals surface area (Å²) < 4.78 is 32.5. The minimum absolute atomic E-state index is 0.0497. The summed E-state index contributed by atoms with van der Waals surface area (Å²) in [5.41, 5.74) is 0.510. The minimum Gasteiger partial charge on any atom is -0.370 e. The predicted octanol–water partition coefficient (Wildman–Crippen LogP) is 2.96. The third-order valence-corrected chi connectivity index (χ3v) is 6.86. The monoisotopic (exact) mass is 410 g/mol. The van der Waals surface area contributed by atoms with Gasteiger partial charge in [-0.25, -0.2) is 8.78 Å². The van der Waals surface area contributed by atoms with Crippen molar-refractivity contribution in [2.45, 2.75) is 37.8 Å². The highest BCUT2D eigenvalue weighted by atomic mass is 32.2. The fraction of sp³-hybridized carbons (Fsp3) is 0.600. The Bertz CT molecular complexity index is 757. The third kappa shape index (κ3) is 3.89. The SMILES string of the molecule is O=C([C@@H]1CSCN1C(=O)C1CCCC1)N1CCO[C@H](c2ccc(F)c(F)c2)C1. The van der Waals surface area contributed by atoms with E-state index in [4.69, 9.17) is 4.74 Å². The van der Waals surface area contributed by atoms with Crippen LogP contribution in [-0.4, -0.2) is 59.0 Å². The molecule has 2 heterocycles. The van der Waals surface area contributed by atoms with Crippen LogP contribution in [0.4, 0.5) is 8.78 Å². The van der Waals surface area contributed by atoms with Crippen molar-refractivity contribution in [3.63, 3.8) is 0 Å². The van der Waals surface area contributed by atoms with Crippen LogP contribution in [0.15, 0.2) is 18.2 Å². The molecular formula is C20H24F2N2O3S. The maximum Gasteiger partial charge on any atom is 0.246 e. The van der Waals surface area contributed by atoms with Crippen LogP contribution in [-0.2, 0) is 14.3 Å². The number of amides is 2. The number of carbonyl (C=O) groups excluding carboxylic acids is 2. The Labute approximate surface area is 167 Å². The van der Waals surface area contributed by atoms with Crippen molar-refractivity contribution >= 4 is 23.6 Å². The molecule has 2 amide bonds. The zero-order valence-electron chi connectivity index (χ0n) is 15.6. The van der Waals surface area contributed by atoms with Crippen LogP contribution >= 0.6 is 11.8 Å². The van der Waals surface area contributed by atoms with Crippen molar-refractivity contribution in [3.8, 4) is 0 Å². The minimum atomic E-state index is -0.926. The number of benzene rings is 1. The molecule has 0 N–H and O–H groups in total. The van der Waals surface area contributed by atoms with E-state index in [0.29, 0.717) is 30.3 Å². The normalized spacial score (nSPS) is 26.1. The van der Waals surface area contributed by atoms with Gasteiger partial charge in [0.2, 0.25) is 11.8 Å². The van der Waals surface area contributed by atoms with Crippen molar-refractivity contribution in [2.24, 2.45) is 5.92 Å². The first kappa shape index (κ1) is 19.6. The van der Waals surface area contributed by atoms with Crippen molar-refractivity contribution in [2.75, 3.05) is 31.3 Å². The second kappa shape index (κ2) is 8.37. The average Bonchev–Trinajstić information content (AvgIpc) is 3.41. The number of carbonyl (C=O) groups is 2. The Morgan fingerprint density at radius 2 is 1.89 bits per heavy atom. The van der Waals surface area contributed by atoms with Gasteiger partial charge in [0.1, 0.15) is 12.1 Å². The Morgan fingerprint density at radius 1 is 1.11 bits per heavy atom. The summed E-state index contributed by atoms with van der Waals surface area (Å²) in [5.74, 6) is -0.596. The fourth-order valence-corrected chi connectivity index (χ4v) is 5.40.